The van der Waals surface area contributed by atoms with Crippen molar-refractivity contribution in [3.8, 4) is 0 Å². The third-order valence-electron chi connectivity index (χ3n) is 5.83. The molecule has 1 unspecified atom stereocenters. The van der Waals surface area contributed by atoms with Gasteiger partial charge in [-0.25, -0.2) is 0 Å². The lowest BCUT2D eigenvalue weighted by molar-refractivity contribution is -0.0748. The molecular weight excluding hydrogens is 270 g/mol. The highest BCUT2D eigenvalue weighted by molar-refractivity contribution is 4.90. The molecule has 1 rings (SSSR count). The van der Waals surface area contributed by atoms with E-state index in [9.17, 15) is 5.11 Å². The van der Waals surface area contributed by atoms with Gasteiger partial charge in [-0.2, -0.15) is 0 Å². The molecule has 2 heteroatoms. The van der Waals surface area contributed by atoms with Crippen LogP contribution in [-0.2, 0) is 0 Å². The normalized spacial score (nSPS) is 20.7. The van der Waals surface area contributed by atoms with E-state index in [4.69, 9.17) is 0 Å². The Morgan fingerprint density at radius 1 is 0.864 bits per heavy atom. The first kappa shape index (κ1) is 20.0. The summed E-state index contributed by atoms with van der Waals surface area (Å²) in [5.41, 5.74) is -0.415. The summed E-state index contributed by atoms with van der Waals surface area (Å²) in [7, 11) is 0. The van der Waals surface area contributed by atoms with Crippen LogP contribution in [0.15, 0.2) is 0 Å². The Balaban J connectivity index is 2.08. The quantitative estimate of drug-likeness (QED) is 0.567. The first-order chi connectivity index (χ1) is 10.3. The zero-order valence-corrected chi connectivity index (χ0v) is 15.9. The van der Waals surface area contributed by atoms with E-state index in [-0.39, 0.29) is 0 Å². The Labute approximate surface area is 139 Å². The molecule has 0 aliphatic carbocycles. The lowest BCUT2D eigenvalue weighted by atomic mass is 9.75. The van der Waals surface area contributed by atoms with E-state index in [0.29, 0.717) is 11.8 Å². The highest BCUT2D eigenvalue weighted by Gasteiger charge is 2.38. The Morgan fingerprint density at radius 3 is 1.95 bits per heavy atom. The molecule has 22 heavy (non-hydrogen) atoms. The fourth-order valence-electron chi connectivity index (χ4n) is 3.66. The second-order valence-electron chi connectivity index (χ2n) is 8.43. The van der Waals surface area contributed by atoms with Crippen LogP contribution >= 0.6 is 0 Å². The molecule has 0 aromatic rings. The van der Waals surface area contributed by atoms with Crippen LogP contribution < -0.4 is 0 Å². The highest BCUT2D eigenvalue weighted by Crippen LogP contribution is 2.34. The van der Waals surface area contributed by atoms with Crippen molar-refractivity contribution in [2.45, 2.75) is 91.6 Å². The van der Waals surface area contributed by atoms with Crippen LogP contribution in [0.5, 0.6) is 0 Å². The monoisotopic (exact) mass is 311 g/mol. The van der Waals surface area contributed by atoms with Gasteiger partial charge in [-0.05, 0) is 43.6 Å². The van der Waals surface area contributed by atoms with Crippen molar-refractivity contribution in [1.82, 2.24) is 4.90 Å². The fourth-order valence-corrected chi connectivity index (χ4v) is 3.66. The third kappa shape index (κ3) is 7.00. The molecular formula is C20H41NO. The first-order valence-electron chi connectivity index (χ1n) is 9.80. The molecule has 1 heterocycles. The molecule has 1 N–H and O–H groups in total. The van der Waals surface area contributed by atoms with Gasteiger partial charge < -0.3 is 10.0 Å². The van der Waals surface area contributed by atoms with Gasteiger partial charge in [0.15, 0.2) is 0 Å². The van der Waals surface area contributed by atoms with Crippen LogP contribution in [0.1, 0.15) is 86.0 Å². The third-order valence-corrected chi connectivity index (χ3v) is 5.83. The van der Waals surface area contributed by atoms with Crippen LogP contribution in [0, 0.1) is 17.8 Å². The van der Waals surface area contributed by atoms with E-state index >= 15 is 0 Å². The minimum Gasteiger partial charge on any atom is -0.390 e. The SMILES string of the molecule is CC(C)CCCCCCCN1CCC(O)(C(C)C(C)C)CC1. The number of hydrogen-bond donors (Lipinski definition) is 1. The number of piperidine rings is 1. The zero-order valence-electron chi connectivity index (χ0n) is 15.9. The molecule has 1 saturated heterocycles. The maximum atomic E-state index is 10.8. The van der Waals surface area contributed by atoms with Crippen LogP contribution in [0.4, 0.5) is 0 Å². The first-order valence-corrected chi connectivity index (χ1v) is 9.80. The fraction of sp³-hybridized carbons (Fsp3) is 1.00. The summed E-state index contributed by atoms with van der Waals surface area (Å²) >= 11 is 0. The Hall–Kier alpha value is -0.0800. The van der Waals surface area contributed by atoms with Gasteiger partial charge in [-0.15, -0.1) is 0 Å². The summed E-state index contributed by atoms with van der Waals surface area (Å²) in [6, 6.07) is 0. The number of aliphatic hydroxyl groups is 1. The zero-order chi connectivity index (χ0) is 16.6. The summed E-state index contributed by atoms with van der Waals surface area (Å²) in [6.45, 7) is 14.7. The van der Waals surface area contributed by atoms with Gasteiger partial charge in [0.25, 0.3) is 0 Å². The van der Waals surface area contributed by atoms with Gasteiger partial charge in [0.2, 0.25) is 0 Å². The van der Waals surface area contributed by atoms with E-state index < -0.39 is 5.60 Å². The van der Waals surface area contributed by atoms with Gasteiger partial charge in [0, 0.05) is 13.1 Å². The van der Waals surface area contributed by atoms with Gasteiger partial charge in [-0.3, -0.25) is 0 Å². The molecule has 0 radical (unpaired) electrons. The molecule has 0 aromatic carbocycles. The lowest BCUT2D eigenvalue weighted by Crippen LogP contribution is -2.49. The van der Waals surface area contributed by atoms with Gasteiger partial charge in [0.1, 0.15) is 0 Å². The Kier molecular flexibility index (Phi) is 9.01. The highest BCUT2D eigenvalue weighted by atomic mass is 16.3. The minimum absolute atomic E-state index is 0.413. The van der Waals surface area contributed by atoms with Gasteiger partial charge >= 0.3 is 0 Å². The van der Waals surface area contributed by atoms with Crippen LogP contribution in [0.3, 0.4) is 0 Å². The second kappa shape index (κ2) is 9.93. The Bertz CT molecular complexity index is 279. The van der Waals surface area contributed by atoms with E-state index in [1.807, 2.05) is 0 Å². The van der Waals surface area contributed by atoms with Gasteiger partial charge in [-0.1, -0.05) is 66.7 Å². The van der Waals surface area contributed by atoms with E-state index in [0.717, 1.165) is 31.8 Å². The van der Waals surface area contributed by atoms with Crippen molar-refractivity contribution in [2.24, 2.45) is 17.8 Å². The molecule has 1 atom stereocenters. The maximum absolute atomic E-state index is 10.8. The number of likely N-dealkylation sites (tertiary alicyclic amines) is 1. The summed E-state index contributed by atoms with van der Waals surface area (Å²) in [4.78, 5) is 2.57. The molecule has 2 nitrogen and oxygen atoms in total. The average molecular weight is 312 g/mol. The number of hydrogen-bond acceptors (Lipinski definition) is 2. The van der Waals surface area contributed by atoms with Gasteiger partial charge in [0.05, 0.1) is 5.60 Å². The topological polar surface area (TPSA) is 23.5 Å². The van der Waals surface area contributed by atoms with Crippen molar-refractivity contribution >= 4 is 0 Å². The van der Waals surface area contributed by atoms with Crippen molar-refractivity contribution in [2.75, 3.05) is 19.6 Å². The molecule has 0 aromatic heterocycles. The van der Waals surface area contributed by atoms with Crippen molar-refractivity contribution in [3.05, 3.63) is 0 Å². The molecule has 0 spiro atoms. The number of unbranched alkanes of at least 4 members (excludes halogenated alkanes) is 4. The van der Waals surface area contributed by atoms with Crippen LogP contribution in [-0.4, -0.2) is 35.2 Å². The number of rotatable bonds is 10. The van der Waals surface area contributed by atoms with Crippen LogP contribution in [0.25, 0.3) is 0 Å². The molecule has 0 bridgehead atoms. The average Bonchev–Trinajstić information content (AvgIpc) is 2.47. The second-order valence-corrected chi connectivity index (χ2v) is 8.43. The predicted molar refractivity (Wildman–Crippen MR) is 97.2 cm³/mol. The predicted octanol–water partition coefficient (Wildman–Crippen LogP) is 5.10. The molecule has 1 fully saturated rings. The van der Waals surface area contributed by atoms with Crippen LogP contribution in [0.2, 0.25) is 0 Å². The smallest absolute Gasteiger partial charge is 0.0700 e. The Morgan fingerprint density at radius 2 is 1.41 bits per heavy atom. The standard InChI is InChI=1S/C20H41NO/c1-17(2)11-9-7-6-8-10-14-21-15-12-20(22,13-16-21)19(5)18(3)4/h17-19,22H,6-16H2,1-5H3. The summed E-state index contributed by atoms with van der Waals surface area (Å²) in [5, 5.41) is 10.8. The largest absolute Gasteiger partial charge is 0.390 e. The molecule has 0 amide bonds. The number of nitrogens with zero attached hydrogens (tertiary/aromatic N) is 1. The van der Waals surface area contributed by atoms with E-state index in [2.05, 4.69) is 39.5 Å². The molecule has 1 aliphatic heterocycles. The minimum atomic E-state index is -0.415. The van der Waals surface area contributed by atoms with Crippen molar-refractivity contribution in [1.29, 1.82) is 0 Å². The van der Waals surface area contributed by atoms with E-state index in [1.54, 1.807) is 0 Å². The lowest BCUT2D eigenvalue weighted by Gasteiger charge is -2.43. The van der Waals surface area contributed by atoms with Crippen molar-refractivity contribution < 1.29 is 5.11 Å². The summed E-state index contributed by atoms with van der Waals surface area (Å²) < 4.78 is 0. The van der Waals surface area contributed by atoms with Crippen molar-refractivity contribution in [3.63, 3.8) is 0 Å². The summed E-state index contributed by atoms with van der Waals surface area (Å²) in [5.74, 6) is 1.85. The molecule has 1 aliphatic rings. The maximum Gasteiger partial charge on any atom is 0.0700 e. The summed E-state index contributed by atoms with van der Waals surface area (Å²) in [6.07, 6.45) is 10.2. The molecule has 0 saturated carbocycles. The molecule has 132 valence electrons. The van der Waals surface area contributed by atoms with E-state index in [1.165, 1.54) is 45.1 Å².